The van der Waals surface area contributed by atoms with E-state index in [4.69, 9.17) is 12.2 Å². The van der Waals surface area contributed by atoms with Crippen LogP contribution in [0.1, 0.15) is 12.0 Å². The summed E-state index contributed by atoms with van der Waals surface area (Å²) in [7, 11) is 0. The molecule has 1 heterocycles. The number of aryl methyl sites for hydroxylation is 1. The number of aromatic amines is 1. The van der Waals surface area contributed by atoms with Crippen molar-refractivity contribution in [2.45, 2.75) is 19.9 Å². The summed E-state index contributed by atoms with van der Waals surface area (Å²) in [4.78, 5) is 12.5. The molecule has 1 amide bonds. The van der Waals surface area contributed by atoms with Crippen LogP contribution in [0, 0.1) is 11.7 Å². The summed E-state index contributed by atoms with van der Waals surface area (Å²) < 4.78 is 2.35. The number of anilines is 3. The van der Waals surface area contributed by atoms with Crippen molar-refractivity contribution in [3.05, 3.63) is 89.2 Å². The molecular weight excluding hydrogens is 406 g/mol. The third kappa shape index (κ3) is 5.26. The lowest BCUT2D eigenvalue weighted by molar-refractivity contribution is -0.116. The molecule has 1 aromatic heterocycles. The number of hydrogen-bond acceptors (Lipinski definition) is 4. The highest BCUT2D eigenvalue weighted by molar-refractivity contribution is 7.71. The van der Waals surface area contributed by atoms with Gasteiger partial charge in [0.1, 0.15) is 0 Å². The molecule has 0 aliphatic heterocycles. The first-order valence-corrected chi connectivity index (χ1v) is 10.4. The van der Waals surface area contributed by atoms with Gasteiger partial charge in [0.15, 0.2) is 10.6 Å². The molecule has 3 N–H and O–H groups in total. The number of nitrogens with zero attached hydrogens (tertiary/aromatic N) is 2. The van der Waals surface area contributed by atoms with Gasteiger partial charge in [0.05, 0.1) is 0 Å². The van der Waals surface area contributed by atoms with Gasteiger partial charge in [-0.05, 0) is 55.5 Å². The molecule has 4 rings (SSSR count). The first-order chi connectivity index (χ1) is 15.1. The lowest BCUT2D eigenvalue weighted by atomic mass is 10.1. The van der Waals surface area contributed by atoms with Crippen molar-refractivity contribution >= 4 is 35.2 Å². The van der Waals surface area contributed by atoms with Crippen LogP contribution in [0.3, 0.4) is 0 Å². The largest absolute Gasteiger partial charge is 0.356 e. The number of amides is 1. The second kappa shape index (κ2) is 9.40. The summed E-state index contributed by atoms with van der Waals surface area (Å²) >= 11 is 5.35. The van der Waals surface area contributed by atoms with Gasteiger partial charge in [0, 0.05) is 35.6 Å². The average Bonchev–Trinajstić information content (AvgIpc) is 3.15. The maximum Gasteiger partial charge on any atom is 0.226 e. The Morgan fingerprint density at radius 2 is 1.58 bits per heavy atom. The summed E-state index contributed by atoms with van der Waals surface area (Å²) in [6, 6.07) is 25.6. The van der Waals surface area contributed by atoms with Gasteiger partial charge >= 0.3 is 0 Å². The number of carbonyl (C=O) groups is 1. The standard InChI is InChI=1S/C24H23N5OS/c1-17-7-9-18(10-8-17)23-27-28-24(31)29(23)16-15-22(30)26-21-13-11-20(12-14-21)25-19-5-3-2-4-6-19/h2-14,25H,15-16H2,1H3,(H,26,30)(H,28,31). The van der Waals surface area contributed by atoms with E-state index in [-0.39, 0.29) is 12.3 Å². The fourth-order valence-corrected chi connectivity index (χ4v) is 3.43. The minimum atomic E-state index is -0.0817. The van der Waals surface area contributed by atoms with Crippen LogP contribution in [-0.4, -0.2) is 20.7 Å². The zero-order chi connectivity index (χ0) is 21.6. The molecular formula is C24H23N5OS. The molecule has 4 aromatic rings. The van der Waals surface area contributed by atoms with Gasteiger partial charge in [0.2, 0.25) is 5.91 Å². The minimum absolute atomic E-state index is 0.0817. The predicted molar refractivity (Wildman–Crippen MR) is 127 cm³/mol. The highest BCUT2D eigenvalue weighted by Gasteiger charge is 2.11. The van der Waals surface area contributed by atoms with Crippen LogP contribution in [-0.2, 0) is 11.3 Å². The third-order valence-corrected chi connectivity index (χ3v) is 5.17. The summed E-state index contributed by atoms with van der Waals surface area (Å²) in [5.74, 6) is 0.649. The molecule has 0 atom stereocenters. The van der Waals surface area contributed by atoms with Crippen molar-refractivity contribution in [3.8, 4) is 11.4 Å². The lowest BCUT2D eigenvalue weighted by Crippen LogP contribution is -2.15. The van der Waals surface area contributed by atoms with E-state index in [1.165, 1.54) is 5.56 Å². The second-order valence-electron chi connectivity index (χ2n) is 7.24. The molecule has 0 spiro atoms. The van der Waals surface area contributed by atoms with Gasteiger partial charge in [-0.1, -0.05) is 48.0 Å². The van der Waals surface area contributed by atoms with Crippen molar-refractivity contribution < 1.29 is 4.79 Å². The molecule has 7 heteroatoms. The molecule has 156 valence electrons. The maximum atomic E-state index is 12.5. The lowest BCUT2D eigenvalue weighted by Gasteiger charge is -2.10. The quantitative estimate of drug-likeness (QED) is 0.330. The van der Waals surface area contributed by atoms with Crippen molar-refractivity contribution in [1.82, 2.24) is 14.8 Å². The number of carbonyl (C=O) groups excluding carboxylic acids is 1. The number of aromatic nitrogens is 3. The fraction of sp³-hybridized carbons (Fsp3) is 0.125. The van der Waals surface area contributed by atoms with E-state index in [1.54, 1.807) is 0 Å². The fourth-order valence-electron chi connectivity index (χ4n) is 3.21. The summed E-state index contributed by atoms with van der Waals surface area (Å²) in [6.07, 6.45) is 0.288. The van der Waals surface area contributed by atoms with Crippen molar-refractivity contribution in [2.24, 2.45) is 0 Å². The summed E-state index contributed by atoms with van der Waals surface area (Å²) in [6.45, 7) is 2.48. The van der Waals surface area contributed by atoms with Gasteiger partial charge in [0.25, 0.3) is 0 Å². The van der Waals surface area contributed by atoms with E-state index in [9.17, 15) is 4.79 Å². The molecule has 0 saturated heterocycles. The van der Waals surface area contributed by atoms with E-state index in [0.29, 0.717) is 11.3 Å². The van der Waals surface area contributed by atoms with Crippen molar-refractivity contribution in [2.75, 3.05) is 10.6 Å². The Bertz CT molecular complexity index is 1210. The topological polar surface area (TPSA) is 74.7 Å². The molecule has 0 fully saturated rings. The molecule has 0 aliphatic rings. The Balaban J connectivity index is 1.36. The predicted octanol–water partition coefficient (Wildman–Crippen LogP) is 5.69. The number of hydrogen-bond donors (Lipinski definition) is 3. The number of para-hydroxylation sites is 1. The van der Waals surface area contributed by atoms with E-state index in [2.05, 4.69) is 20.8 Å². The van der Waals surface area contributed by atoms with Crippen LogP contribution < -0.4 is 10.6 Å². The Hall–Kier alpha value is -3.71. The summed E-state index contributed by atoms with van der Waals surface area (Å²) in [5.41, 5.74) is 4.85. The van der Waals surface area contributed by atoms with Crippen molar-refractivity contribution in [1.29, 1.82) is 0 Å². The van der Waals surface area contributed by atoms with E-state index in [1.807, 2.05) is 90.4 Å². The van der Waals surface area contributed by atoms with Crippen LogP contribution in [0.5, 0.6) is 0 Å². The molecule has 31 heavy (non-hydrogen) atoms. The van der Waals surface area contributed by atoms with Gasteiger partial charge in [-0.3, -0.25) is 14.5 Å². The Morgan fingerprint density at radius 1 is 0.935 bits per heavy atom. The van der Waals surface area contributed by atoms with Gasteiger partial charge in [-0.15, -0.1) is 0 Å². The molecule has 0 radical (unpaired) electrons. The molecule has 6 nitrogen and oxygen atoms in total. The zero-order valence-electron chi connectivity index (χ0n) is 17.1. The van der Waals surface area contributed by atoms with Crippen LogP contribution in [0.4, 0.5) is 17.1 Å². The Labute approximate surface area is 186 Å². The first-order valence-electron chi connectivity index (χ1n) is 10.0. The van der Waals surface area contributed by atoms with Crippen LogP contribution in [0.25, 0.3) is 11.4 Å². The van der Waals surface area contributed by atoms with E-state index < -0.39 is 0 Å². The second-order valence-corrected chi connectivity index (χ2v) is 7.62. The summed E-state index contributed by atoms with van der Waals surface area (Å²) in [5, 5.41) is 13.4. The number of benzene rings is 3. The minimum Gasteiger partial charge on any atom is -0.356 e. The molecule has 0 saturated carbocycles. The molecule has 0 bridgehead atoms. The molecule has 3 aromatic carbocycles. The zero-order valence-corrected chi connectivity index (χ0v) is 17.9. The highest BCUT2D eigenvalue weighted by Crippen LogP contribution is 2.20. The van der Waals surface area contributed by atoms with Gasteiger partial charge in [-0.25, -0.2) is 0 Å². The smallest absolute Gasteiger partial charge is 0.226 e. The molecule has 0 unspecified atom stereocenters. The van der Waals surface area contributed by atoms with E-state index >= 15 is 0 Å². The highest BCUT2D eigenvalue weighted by atomic mass is 32.1. The van der Waals surface area contributed by atoms with E-state index in [0.717, 1.165) is 28.5 Å². The number of nitrogens with one attached hydrogen (secondary N) is 3. The maximum absolute atomic E-state index is 12.5. The monoisotopic (exact) mass is 429 g/mol. The molecule has 0 aliphatic carbocycles. The van der Waals surface area contributed by atoms with Gasteiger partial charge in [-0.2, -0.15) is 5.10 Å². The Kier molecular flexibility index (Phi) is 6.24. The average molecular weight is 430 g/mol. The SMILES string of the molecule is Cc1ccc(-c2n[nH]c(=S)n2CCC(=O)Nc2ccc(Nc3ccccc3)cc2)cc1. The number of H-pyrrole nitrogens is 1. The third-order valence-electron chi connectivity index (χ3n) is 4.86. The van der Waals surface area contributed by atoms with Crippen LogP contribution >= 0.6 is 12.2 Å². The Morgan fingerprint density at radius 3 is 2.29 bits per heavy atom. The van der Waals surface area contributed by atoms with Crippen LogP contribution in [0.15, 0.2) is 78.9 Å². The normalized spacial score (nSPS) is 10.6. The van der Waals surface area contributed by atoms with Gasteiger partial charge < -0.3 is 10.6 Å². The van der Waals surface area contributed by atoms with Crippen LogP contribution in [0.2, 0.25) is 0 Å². The first kappa shape index (κ1) is 20.6. The number of rotatable bonds is 7. The van der Waals surface area contributed by atoms with Crippen molar-refractivity contribution in [3.63, 3.8) is 0 Å².